The Hall–Kier alpha value is -1.12. The predicted octanol–water partition coefficient (Wildman–Crippen LogP) is 0.0634. The topological polar surface area (TPSA) is 110 Å². The Morgan fingerprint density at radius 3 is 2.76 bits per heavy atom. The first-order valence-electron chi connectivity index (χ1n) is 4.84. The van der Waals surface area contributed by atoms with Gasteiger partial charge >= 0.3 is 0 Å². The van der Waals surface area contributed by atoms with Crippen molar-refractivity contribution in [1.29, 1.82) is 0 Å². The van der Waals surface area contributed by atoms with Crippen LogP contribution in [0.2, 0.25) is 5.02 Å². The summed E-state index contributed by atoms with van der Waals surface area (Å²) in [6.45, 7) is 0.878. The molecular formula is C8H14ClN5O2S. The van der Waals surface area contributed by atoms with Crippen molar-refractivity contribution < 1.29 is 8.42 Å². The third-order valence-electron chi connectivity index (χ3n) is 1.83. The molecule has 0 amide bonds. The van der Waals surface area contributed by atoms with Crippen molar-refractivity contribution in [2.45, 2.75) is 6.42 Å². The average molecular weight is 280 g/mol. The zero-order valence-corrected chi connectivity index (χ0v) is 10.8. The molecule has 0 saturated heterocycles. The third-order valence-corrected chi connectivity index (χ3v) is 2.93. The second-order valence-electron chi connectivity index (χ2n) is 3.37. The molecule has 17 heavy (non-hydrogen) atoms. The number of sulfonamides is 1. The predicted molar refractivity (Wildman–Crippen MR) is 67.4 cm³/mol. The van der Waals surface area contributed by atoms with E-state index in [-0.39, 0.29) is 10.8 Å². The molecule has 9 heteroatoms. The van der Waals surface area contributed by atoms with Gasteiger partial charge in [-0.1, -0.05) is 11.6 Å². The summed E-state index contributed by atoms with van der Waals surface area (Å²) < 4.78 is 23.9. The standard InChI is InChI=1S/C8H14ClN5O2S/c1-17(15,16)14-4-2-3-11-8-6(9)7(10)12-5-13-8/h5,14H,2-4H2,1H3,(H3,10,11,12,13). The van der Waals surface area contributed by atoms with Crippen LogP contribution in [-0.2, 0) is 10.0 Å². The summed E-state index contributed by atoms with van der Waals surface area (Å²) in [7, 11) is -3.13. The summed E-state index contributed by atoms with van der Waals surface area (Å²) in [5.74, 6) is 0.650. The first-order valence-corrected chi connectivity index (χ1v) is 7.11. The van der Waals surface area contributed by atoms with E-state index >= 15 is 0 Å². The second kappa shape index (κ2) is 5.99. The van der Waals surface area contributed by atoms with Gasteiger partial charge < -0.3 is 11.1 Å². The molecule has 1 rings (SSSR count). The first-order chi connectivity index (χ1) is 7.90. The van der Waals surface area contributed by atoms with Crippen molar-refractivity contribution in [3.63, 3.8) is 0 Å². The number of hydrogen-bond donors (Lipinski definition) is 3. The van der Waals surface area contributed by atoms with Gasteiger partial charge in [-0.05, 0) is 6.42 Å². The molecule has 96 valence electrons. The molecule has 0 fully saturated rings. The lowest BCUT2D eigenvalue weighted by Crippen LogP contribution is -2.24. The van der Waals surface area contributed by atoms with E-state index in [0.29, 0.717) is 25.3 Å². The molecule has 0 aliphatic heterocycles. The molecule has 1 heterocycles. The van der Waals surface area contributed by atoms with Crippen LogP contribution in [0, 0.1) is 0 Å². The van der Waals surface area contributed by atoms with Crippen LogP contribution in [0.3, 0.4) is 0 Å². The van der Waals surface area contributed by atoms with Crippen molar-refractivity contribution in [3.8, 4) is 0 Å². The molecular weight excluding hydrogens is 266 g/mol. The fraction of sp³-hybridized carbons (Fsp3) is 0.500. The Morgan fingerprint density at radius 1 is 1.41 bits per heavy atom. The molecule has 0 spiro atoms. The minimum Gasteiger partial charge on any atom is -0.382 e. The van der Waals surface area contributed by atoms with Gasteiger partial charge in [-0.15, -0.1) is 0 Å². The summed E-state index contributed by atoms with van der Waals surface area (Å²) in [4.78, 5) is 7.63. The Bertz CT molecular complexity index is 479. The van der Waals surface area contributed by atoms with E-state index in [2.05, 4.69) is 20.0 Å². The van der Waals surface area contributed by atoms with E-state index in [1.54, 1.807) is 0 Å². The van der Waals surface area contributed by atoms with Gasteiger partial charge in [-0.3, -0.25) is 0 Å². The lowest BCUT2D eigenvalue weighted by Gasteiger charge is -2.07. The average Bonchev–Trinajstić information content (AvgIpc) is 2.22. The minimum atomic E-state index is -3.13. The van der Waals surface area contributed by atoms with Gasteiger partial charge in [-0.2, -0.15) is 0 Å². The molecule has 7 nitrogen and oxygen atoms in total. The van der Waals surface area contributed by atoms with Gasteiger partial charge in [0.15, 0.2) is 0 Å². The van der Waals surface area contributed by atoms with Crippen LogP contribution in [0.25, 0.3) is 0 Å². The van der Waals surface area contributed by atoms with Crippen LogP contribution in [0.5, 0.6) is 0 Å². The molecule has 0 atom stereocenters. The summed E-state index contributed by atoms with van der Waals surface area (Å²) in [6.07, 6.45) is 3.02. The molecule has 0 radical (unpaired) electrons. The smallest absolute Gasteiger partial charge is 0.208 e. The van der Waals surface area contributed by atoms with Crippen LogP contribution in [-0.4, -0.2) is 37.7 Å². The number of rotatable bonds is 6. The van der Waals surface area contributed by atoms with E-state index in [0.717, 1.165) is 6.26 Å². The normalized spacial score (nSPS) is 11.4. The number of hydrogen-bond acceptors (Lipinski definition) is 6. The number of anilines is 2. The molecule has 4 N–H and O–H groups in total. The quantitative estimate of drug-likeness (QED) is 0.635. The summed E-state index contributed by atoms with van der Waals surface area (Å²) in [6, 6.07) is 0. The molecule has 0 saturated carbocycles. The van der Waals surface area contributed by atoms with Gasteiger partial charge in [-0.25, -0.2) is 23.1 Å². The molecule has 0 aliphatic carbocycles. The van der Waals surface area contributed by atoms with Crippen LogP contribution in [0.4, 0.5) is 11.6 Å². The van der Waals surface area contributed by atoms with E-state index in [1.807, 2.05) is 0 Å². The van der Waals surface area contributed by atoms with Gasteiger partial charge in [0, 0.05) is 13.1 Å². The second-order valence-corrected chi connectivity index (χ2v) is 5.58. The number of nitrogens with zero attached hydrogens (tertiary/aromatic N) is 2. The van der Waals surface area contributed by atoms with Crippen LogP contribution in [0.15, 0.2) is 6.33 Å². The van der Waals surface area contributed by atoms with Crippen molar-refractivity contribution in [2.75, 3.05) is 30.4 Å². The summed E-state index contributed by atoms with van der Waals surface area (Å²) in [5.41, 5.74) is 5.49. The monoisotopic (exact) mass is 279 g/mol. The SMILES string of the molecule is CS(=O)(=O)NCCCNc1ncnc(N)c1Cl. The fourth-order valence-corrected chi connectivity index (χ4v) is 1.74. The fourth-order valence-electron chi connectivity index (χ4n) is 1.06. The number of nitrogens with two attached hydrogens (primary N) is 1. The Kier molecular flexibility index (Phi) is 4.91. The van der Waals surface area contributed by atoms with E-state index < -0.39 is 10.0 Å². The van der Waals surface area contributed by atoms with Crippen molar-refractivity contribution in [3.05, 3.63) is 11.3 Å². The van der Waals surface area contributed by atoms with E-state index in [9.17, 15) is 8.42 Å². The van der Waals surface area contributed by atoms with Crippen molar-refractivity contribution >= 4 is 33.3 Å². The molecule has 0 aliphatic rings. The highest BCUT2D eigenvalue weighted by atomic mass is 35.5. The summed E-state index contributed by atoms with van der Waals surface area (Å²) in [5, 5.41) is 3.21. The van der Waals surface area contributed by atoms with Crippen LogP contribution >= 0.6 is 11.6 Å². The number of nitrogen functional groups attached to an aromatic ring is 1. The molecule has 0 unspecified atom stereocenters. The van der Waals surface area contributed by atoms with Crippen LogP contribution < -0.4 is 15.8 Å². The zero-order chi connectivity index (χ0) is 12.9. The maximum Gasteiger partial charge on any atom is 0.208 e. The van der Waals surface area contributed by atoms with E-state index in [4.69, 9.17) is 17.3 Å². The van der Waals surface area contributed by atoms with Gasteiger partial charge in [0.25, 0.3) is 0 Å². The molecule has 0 bridgehead atoms. The maximum atomic E-state index is 10.8. The highest BCUT2D eigenvalue weighted by Crippen LogP contribution is 2.22. The first kappa shape index (κ1) is 13.9. The largest absolute Gasteiger partial charge is 0.382 e. The van der Waals surface area contributed by atoms with Gasteiger partial charge in [0.1, 0.15) is 23.0 Å². The summed E-state index contributed by atoms with van der Waals surface area (Å²) >= 11 is 5.85. The van der Waals surface area contributed by atoms with Crippen molar-refractivity contribution in [2.24, 2.45) is 0 Å². The van der Waals surface area contributed by atoms with Gasteiger partial charge in [0.05, 0.1) is 6.26 Å². The number of aromatic nitrogens is 2. The Labute approximate surface area is 105 Å². The van der Waals surface area contributed by atoms with Crippen LogP contribution in [0.1, 0.15) is 6.42 Å². The van der Waals surface area contributed by atoms with Gasteiger partial charge in [0.2, 0.25) is 10.0 Å². The van der Waals surface area contributed by atoms with Crippen molar-refractivity contribution in [1.82, 2.24) is 14.7 Å². The zero-order valence-electron chi connectivity index (χ0n) is 9.27. The molecule has 1 aromatic rings. The minimum absolute atomic E-state index is 0.207. The number of nitrogens with one attached hydrogen (secondary N) is 2. The van der Waals surface area contributed by atoms with E-state index in [1.165, 1.54) is 6.33 Å². The third kappa shape index (κ3) is 5.16. The molecule has 0 aromatic carbocycles. The Morgan fingerprint density at radius 2 is 2.12 bits per heavy atom. The number of halogens is 1. The lowest BCUT2D eigenvalue weighted by molar-refractivity contribution is 0.586. The highest BCUT2D eigenvalue weighted by Gasteiger charge is 2.05. The lowest BCUT2D eigenvalue weighted by atomic mass is 10.4. The maximum absolute atomic E-state index is 10.8. The Balaban J connectivity index is 2.34. The molecule has 1 aromatic heterocycles. The highest BCUT2D eigenvalue weighted by molar-refractivity contribution is 7.88.